The van der Waals surface area contributed by atoms with Crippen molar-refractivity contribution in [2.75, 3.05) is 4.90 Å². The summed E-state index contributed by atoms with van der Waals surface area (Å²) in [5.74, 6) is 0. The van der Waals surface area contributed by atoms with Gasteiger partial charge in [0.2, 0.25) is 6.71 Å². The van der Waals surface area contributed by atoms with E-state index in [9.17, 15) is 12.1 Å². The molecule has 0 spiro atoms. The Bertz CT molecular complexity index is 5390. The van der Waals surface area contributed by atoms with Gasteiger partial charge in [0.15, 0.2) is 0 Å². The average molecular weight is 1180 g/mol. The summed E-state index contributed by atoms with van der Waals surface area (Å²) in [6.45, 7) is 19.9. The van der Waals surface area contributed by atoms with Gasteiger partial charge in [0, 0.05) is 43.2 Å². The van der Waals surface area contributed by atoms with E-state index in [4.69, 9.17) is 2.74 Å². The molecule has 3 nitrogen and oxygen atoms in total. The van der Waals surface area contributed by atoms with E-state index < -0.39 is 30.9 Å². The number of para-hydroxylation sites is 1. The van der Waals surface area contributed by atoms with Gasteiger partial charge >= 0.3 is 0 Å². The zero-order valence-electron chi connectivity index (χ0n) is 59.1. The van der Waals surface area contributed by atoms with E-state index in [0.717, 1.165) is 121 Å². The molecule has 0 amide bonds. The summed E-state index contributed by atoms with van der Waals surface area (Å²) >= 11 is 1.83. The molecule has 434 valence electrons. The Morgan fingerprint density at radius 3 is 1.57 bits per heavy atom. The lowest BCUT2D eigenvalue weighted by molar-refractivity contribution is 0.589. The van der Waals surface area contributed by atoms with E-state index in [1.807, 2.05) is 30.0 Å². The minimum absolute atomic E-state index is 0.00923. The summed E-state index contributed by atoms with van der Waals surface area (Å²) in [6, 6.07) is 78.1. The molecule has 2 aliphatic heterocycles. The van der Waals surface area contributed by atoms with Crippen LogP contribution in [0.25, 0.3) is 94.3 Å². The third-order valence-electron chi connectivity index (χ3n) is 18.2. The Balaban J connectivity index is 1.08. The van der Waals surface area contributed by atoms with Crippen LogP contribution in [0.15, 0.2) is 270 Å². The fraction of sp³-hybridized carbons (Fsp3) is 0.141. The van der Waals surface area contributed by atoms with Crippen molar-refractivity contribution in [1.29, 1.82) is 5.26 Å². The highest BCUT2D eigenvalue weighted by atomic mass is 32.2. The van der Waals surface area contributed by atoms with Crippen molar-refractivity contribution in [1.82, 2.24) is 4.57 Å². The molecule has 0 radical (unpaired) electrons. The average Bonchev–Trinajstić information content (AvgIpc) is 1.64. The predicted octanol–water partition coefficient (Wildman–Crippen LogP) is 21.3. The fourth-order valence-corrected chi connectivity index (χ4v) is 14.6. The lowest BCUT2D eigenvalue weighted by atomic mass is 9.34. The maximum atomic E-state index is 10.5. The van der Waals surface area contributed by atoms with Gasteiger partial charge in [0.25, 0.3) is 0 Å². The van der Waals surface area contributed by atoms with Gasteiger partial charge in [0.1, 0.15) is 0 Å². The van der Waals surface area contributed by atoms with E-state index in [1.54, 1.807) is 4.57 Å². The van der Waals surface area contributed by atoms with E-state index in [0.29, 0.717) is 5.69 Å². The summed E-state index contributed by atoms with van der Waals surface area (Å²) in [5, 5.41) is 10.5. The molecule has 0 unspecified atom stereocenters. The Morgan fingerprint density at radius 1 is 0.411 bits per heavy atom. The number of nitrogens with zero attached hydrogens (tertiary/aromatic N) is 3. The quantitative estimate of drug-likeness (QED) is 0.142. The number of benzene rings is 12. The molecule has 0 bridgehead atoms. The summed E-state index contributed by atoms with van der Waals surface area (Å²) in [4.78, 5) is 4.67. The Labute approximate surface area is 544 Å². The number of aromatic nitrogens is 1. The third kappa shape index (κ3) is 9.95. The van der Waals surface area contributed by atoms with Crippen LogP contribution in [0.1, 0.15) is 94.2 Å². The second-order valence-corrected chi connectivity index (χ2v) is 28.2. The smallest absolute Gasteiger partial charge is 0.249 e. The van der Waals surface area contributed by atoms with Gasteiger partial charge in [-0.3, -0.25) is 0 Å². The maximum Gasteiger partial charge on any atom is 0.249 e. The molecule has 2 aliphatic rings. The molecule has 12 aromatic carbocycles. The minimum Gasteiger partial charge on any atom is -0.311 e. The van der Waals surface area contributed by atoms with Gasteiger partial charge in [-0.15, -0.1) is 0 Å². The van der Waals surface area contributed by atoms with Crippen LogP contribution in [0.2, 0.25) is 0 Å². The van der Waals surface area contributed by atoms with Crippen LogP contribution in [0, 0.1) is 11.3 Å². The summed E-state index contributed by atoms with van der Waals surface area (Å²) in [7, 11) is 0. The molecule has 90 heavy (non-hydrogen) atoms. The summed E-state index contributed by atoms with van der Waals surface area (Å²) < 4.78 is 67.5. The lowest BCUT2D eigenvalue weighted by Gasteiger charge is -2.42. The number of fused-ring (bicyclic) bond motifs is 7. The van der Waals surface area contributed by atoms with Gasteiger partial charge in [-0.05, 0) is 190 Å². The van der Waals surface area contributed by atoms with Gasteiger partial charge in [-0.1, -0.05) is 255 Å². The van der Waals surface area contributed by atoms with E-state index in [1.165, 1.54) is 5.56 Å². The first-order valence-electron chi connectivity index (χ1n) is 34.5. The monoisotopic (exact) mass is 1180 g/mol. The van der Waals surface area contributed by atoms with Crippen LogP contribution in [-0.4, -0.2) is 11.3 Å². The van der Waals surface area contributed by atoms with Crippen molar-refractivity contribution < 1.29 is 9.60 Å². The normalized spacial score (nSPS) is 13.9. The number of anilines is 3. The third-order valence-corrected chi connectivity index (χ3v) is 19.4. The SMILES string of the molecule is [2H]c1c([2H])c([2H])c2c(c1[2H])c1c([2H])c(C#N)c([2H])c([2H])c1n2-c1ccc2c(c1)N(c1ccc(C(C)(C)C)cc1-c1ccc(-c3ccccc3)cc1)c1cc(C(C)(C)C)cc3c1B2c1cc(-c2cc(-c4ccccc4)cc(-c4ccccc4)c2)cc(-c2ccc(C(C)(C)C)cc2)c1S3. The fourth-order valence-electron chi connectivity index (χ4n) is 13.3. The molecule has 0 atom stereocenters. The van der Waals surface area contributed by atoms with Crippen molar-refractivity contribution in [2.45, 2.75) is 88.3 Å². The Hall–Kier alpha value is -9.86. The first-order chi connectivity index (χ1) is 46.4. The van der Waals surface area contributed by atoms with Crippen LogP contribution in [0.3, 0.4) is 0 Å². The van der Waals surface area contributed by atoms with Crippen molar-refractivity contribution in [3.05, 3.63) is 283 Å². The molecule has 5 heteroatoms. The lowest BCUT2D eigenvalue weighted by Crippen LogP contribution is -2.60. The molecule has 3 heterocycles. The Morgan fingerprint density at radius 2 is 0.944 bits per heavy atom. The number of rotatable bonds is 8. The molecular formula is C85H70BN3S. The standard InChI is InChI=1S/C85H70BN3S/c1-83(2,3)65-36-34-60(35-37-65)71-47-64(63-45-61(56-23-15-11-16-24-56)44-62(46-63)57-25-17-12-18-26-57)48-74-82(71)90-80-51-67(85(7,8)9)50-79-81(80)86(74)73-40-39-68(88-75-28-20-19-27-69(75)72-43-54(53-87)29-41-77(72)88)52-78(73)89(79)76-42-38-66(84(4,5)6)49-70(76)59-32-30-58(31-33-59)55-21-13-10-14-22-55/h10-52H,1-9H3/i19D,20D,27D,28D,29D,41D,43D. The first kappa shape index (κ1) is 49.1. The number of nitriles is 1. The summed E-state index contributed by atoms with van der Waals surface area (Å²) in [5.41, 5.74) is 21.9. The van der Waals surface area contributed by atoms with Crippen molar-refractivity contribution >= 4 is 73.7 Å². The van der Waals surface area contributed by atoms with E-state index >= 15 is 0 Å². The molecule has 0 N–H and O–H groups in total. The second-order valence-electron chi connectivity index (χ2n) is 27.1. The van der Waals surface area contributed by atoms with Gasteiger partial charge in [0.05, 0.1) is 37.9 Å². The highest BCUT2D eigenvalue weighted by molar-refractivity contribution is 8.00. The van der Waals surface area contributed by atoms with Crippen LogP contribution >= 0.6 is 11.8 Å². The molecule has 13 aromatic rings. The van der Waals surface area contributed by atoms with Crippen LogP contribution < -0.4 is 21.3 Å². The van der Waals surface area contributed by atoms with Crippen molar-refractivity contribution in [3.8, 4) is 78.5 Å². The largest absolute Gasteiger partial charge is 0.311 e. The van der Waals surface area contributed by atoms with Crippen LogP contribution in [-0.2, 0) is 16.2 Å². The Kier molecular flexibility index (Phi) is 11.8. The molecule has 0 saturated heterocycles. The molecule has 1 aromatic heterocycles. The molecular weight excluding hydrogens is 1110 g/mol. The van der Waals surface area contributed by atoms with Gasteiger partial charge in [-0.2, -0.15) is 5.26 Å². The van der Waals surface area contributed by atoms with Gasteiger partial charge in [-0.25, -0.2) is 0 Å². The van der Waals surface area contributed by atoms with Crippen molar-refractivity contribution in [2.24, 2.45) is 0 Å². The van der Waals surface area contributed by atoms with E-state index in [-0.39, 0.29) is 61.7 Å². The molecule has 0 aliphatic carbocycles. The highest BCUT2D eigenvalue weighted by Crippen LogP contribution is 2.51. The zero-order chi connectivity index (χ0) is 67.9. The highest BCUT2D eigenvalue weighted by Gasteiger charge is 2.44. The zero-order valence-corrected chi connectivity index (χ0v) is 52.9. The first-order valence-corrected chi connectivity index (χ1v) is 31.8. The maximum absolute atomic E-state index is 10.5. The molecule has 0 saturated carbocycles. The second kappa shape index (κ2) is 21.7. The number of hydrogen-bond donors (Lipinski definition) is 0. The van der Waals surface area contributed by atoms with Crippen molar-refractivity contribution in [3.63, 3.8) is 0 Å². The molecule has 0 fully saturated rings. The van der Waals surface area contributed by atoms with Gasteiger partial charge < -0.3 is 9.47 Å². The topological polar surface area (TPSA) is 32.0 Å². The van der Waals surface area contributed by atoms with Crippen LogP contribution in [0.5, 0.6) is 0 Å². The predicted molar refractivity (Wildman–Crippen MR) is 384 cm³/mol. The summed E-state index contributed by atoms with van der Waals surface area (Å²) in [6.07, 6.45) is 0. The molecule has 15 rings (SSSR count). The minimum atomic E-state index is -0.501. The number of hydrogen-bond acceptors (Lipinski definition) is 3. The van der Waals surface area contributed by atoms with E-state index in [2.05, 4.69) is 273 Å². The van der Waals surface area contributed by atoms with Crippen LogP contribution in [0.4, 0.5) is 17.1 Å².